The summed E-state index contributed by atoms with van der Waals surface area (Å²) in [4.78, 5) is 33.0. The second-order valence-electron chi connectivity index (χ2n) is 11.1. The van der Waals surface area contributed by atoms with E-state index in [-0.39, 0.29) is 17.5 Å². The Bertz CT molecular complexity index is 1870. The van der Waals surface area contributed by atoms with Gasteiger partial charge in [0.05, 0.1) is 24.8 Å². The van der Waals surface area contributed by atoms with Gasteiger partial charge in [-0.1, -0.05) is 36.4 Å². The molecule has 10 nitrogen and oxygen atoms in total. The third-order valence-electron chi connectivity index (χ3n) is 7.99. The van der Waals surface area contributed by atoms with Crippen molar-refractivity contribution < 1.29 is 18.7 Å². The quantitative estimate of drug-likeness (QED) is 0.204. The molecule has 3 aromatic carbocycles. The number of fused-ring (bicyclic) bond motifs is 1. The number of aryl methyl sites for hydroxylation is 2. The number of ether oxygens (including phenoxy) is 1. The van der Waals surface area contributed by atoms with Crippen LogP contribution in [0.25, 0.3) is 5.52 Å². The van der Waals surface area contributed by atoms with E-state index >= 15 is 0 Å². The Hall–Kier alpha value is -5.29. The number of nitrogens with one attached hydrogen (secondary N) is 3. The molecule has 0 aliphatic carbocycles. The maximum Gasteiger partial charge on any atom is 0.255 e. The molecule has 3 heterocycles. The molecule has 11 heteroatoms. The van der Waals surface area contributed by atoms with E-state index in [4.69, 9.17) is 4.74 Å². The number of amides is 2. The second kappa shape index (κ2) is 12.7. The number of morpholine rings is 1. The Balaban J connectivity index is 1.22. The summed E-state index contributed by atoms with van der Waals surface area (Å²) in [6.07, 6.45) is 3.11. The van der Waals surface area contributed by atoms with Crippen LogP contribution in [0.2, 0.25) is 0 Å². The van der Waals surface area contributed by atoms with Gasteiger partial charge in [0.1, 0.15) is 17.7 Å². The Labute approximate surface area is 260 Å². The highest BCUT2D eigenvalue weighted by atomic mass is 19.1. The molecule has 2 amide bonds. The van der Waals surface area contributed by atoms with Crippen molar-refractivity contribution in [3.05, 3.63) is 113 Å². The number of rotatable bonds is 8. The fourth-order valence-electron chi connectivity index (χ4n) is 5.46. The lowest BCUT2D eigenvalue weighted by molar-refractivity contribution is 0.0938. The van der Waals surface area contributed by atoms with Crippen molar-refractivity contribution in [3.8, 4) is 0 Å². The smallest absolute Gasteiger partial charge is 0.255 e. The number of halogens is 1. The molecule has 45 heavy (non-hydrogen) atoms. The summed E-state index contributed by atoms with van der Waals surface area (Å²) in [6.45, 7) is 8.11. The molecule has 1 saturated heterocycles. The first-order valence-electron chi connectivity index (χ1n) is 14.8. The Morgan fingerprint density at radius 1 is 0.978 bits per heavy atom. The summed E-state index contributed by atoms with van der Waals surface area (Å²) in [5.74, 6) is -0.612. The molecule has 0 radical (unpaired) electrons. The molecule has 1 atom stereocenters. The zero-order chi connectivity index (χ0) is 31.5. The largest absolute Gasteiger partial charge is 0.378 e. The van der Waals surface area contributed by atoms with Gasteiger partial charge >= 0.3 is 0 Å². The zero-order valence-corrected chi connectivity index (χ0v) is 25.3. The minimum absolute atomic E-state index is 0.177. The molecule has 6 rings (SSSR count). The predicted octanol–water partition coefficient (Wildman–Crippen LogP) is 5.81. The van der Waals surface area contributed by atoms with E-state index in [9.17, 15) is 14.0 Å². The molecule has 230 valence electrons. The molecule has 3 N–H and O–H groups in total. The van der Waals surface area contributed by atoms with Crippen LogP contribution in [0.3, 0.4) is 0 Å². The fourth-order valence-corrected chi connectivity index (χ4v) is 5.46. The van der Waals surface area contributed by atoms with E-state index < -0.39 is 11.7 Å². The lowest BCUT2D eigenvalue weighted by atomic mass is 10.1. The summed E-state index contributed by atoms with van der Waals surface area (Å²) >= 11 is 0. The molecule has 2 aromatic heterocycles. The lowest BCUT2D eigenvalue weighted by Gasteiger charge is -2.29. The van der Waals surface area contributed by atoms with Crippen molar-refractivity contribution in [2.75, 3.05) is 41.8 Å². The van der Waals surface area contributed by atoms with Gasteiger partial charge in [-0.15, -0.1) is 0 Å². The fraction of sp³-hybridized carbons (Fsp3) is 0.235. The van der Waals surface area contributed by atoms with Gasteiger partial charge in [0.15, 0.2) is 5.82 Å². The van der Waals surface area contributed by atoms with Crippen LogP contribution in [0.1, 0.15) is 50.4 Å². The molecule has 1 aliphatic heterocycles. The van der Waals surface area contributed by atoms with Crippen molar-refractivity contribution in [2.24, 2.45) is 0 Å². The number of aromatic nitrogens is 3. The highest BCUT2D eigenvalue weighted by molar-refractivity contribution is 6.05. The molecular formula is C34H34FN7O3. The zero-order valence-electron chi connectivity index (χ0n) is 25.3. The number of carbonyl (C=O) groups excluding carboxylic acids is 2. The molecular weight excluding hydrogens is 573 g/mol. The Morgan fingerprint density at radius 2 is 1.76 bits per heavy atom. The minimum atomic E-state index is -0.478. The lowest BCUT2D eigenvalue weighted by Crippen LogP contribution is -2.36. The van der Waals surface area contributed by atoms with Gasteiger partial charge in [0.25, 0.3) is 11.8 Å². The van der Waals surface area contributed by atoms with Gasteiger partial charge in [0.2, 0.25) is 0 Å². The molecule has 0 saturated carbocycles. The third kappa shape index (κ3) is 6.48. The van der Waals surface area contributed by atoms with Crippen LogP contribution in [-0.4, -0.2) is 52.7 Å². The SMILES string of the molecule is Cc1ccc(NC(=O)c2cc(F)cc(N3CCOCC3)c2)cc1Nc1ncnn2cc(C(=O)N[C@H](C)c3ccccc3)c(C)c12. The predicted molar refractivity (Wildman–Crippen MR) is 172 cm³/mol. The van der Waals surface area contributed by atoms with Crippen LogP contribution >= 0.6 is 0 Å². The van der Waals surface area contributed by atoms with Gasteiger partial charge < -0.3 is 25.6 Å². The summed E-state index contributed by atoms with van der Waals surface area (Å²) in [6, 6.07) is 19.4. The highest BCUT2D eigenvalue weighted by Gasteiger charge is 2.21. The first kappa shape index (κ1) is 29.8. The molecule has 5 aromatic rings. The van der Waals surface area contributed by atoms with Crippen LogP contribution < -0.4 is 20.9 Å². The molecule has 1 fully saturated rings. The topological polar surface area (TPSA) is 113 Å². The van der Waals surface area contributed by atoms with Crippen molar-refractivity contribution in [1.29, 1.82) is 0 Å². The van der Waals surface area contributed by atoms with Crippen LogP contribution in [0.5, 0.6) is 0 Å². The van der Waals surface area contributed by atoms with Crippen molar-refractivity contribution in [1.82, 2.24) is 19.9 Å². The summed E-state index contributed by atoms with van der Waals surface area (Å²) in [5.41, 5.74) is 5.87. The summed E-state index contributed by atoms with van der Waals surface area (Å²) in [7, 11) is 0. The number of anilines is 4. The number of hydrogen-bond acceptors (Lipinski definition) is 7. The van der Waals surface area contributed by atoms with E-state index in [0.29, 0.717) is 60.3 Å². The monoisotopic (exact) mass is 607 g/mol. The maximum absolute atomic E-state index is 14.5. The third-order valence-corrected chi connectivity index (χ3v) is 7.99. The summed E-state index contributed by atoms with van der Waals surface area (Å²) in [5, 5.41) is 13.6. The number of nitrogens with zero attached hydrogens (tertiary/aromatic N) is 4. The number of hydrogen-bond donors (Lipinski definition) is 3. The van der Waals surface area contributed by atoms with Crippen LogP contribution in [0.15, 0.2) is 79.3 Å². The summed E-state index contributed by atoms with van der Waals surface area (Å²) < 4.78 is 21.5. The highest BCUT2D eigenvalue weighted by Crippen LogP contribution is 2.29. The normalized spacial score (nSPS) is 13.8. The molecule has 0 spiro atoms. The van der Waals surface area contributed by atoms with Crippen molar-refractivity contribution in [2.45, 2.75) is 26.8 Å². The van der Waals surface area contributed by atoms with Gasteiger partial charge in [-0.3, -0.25) is 9.59 Å². The van der Waals surface area contributed by atoms with E-state index in [0.717, 1.165) is 16.7 Å². The average molecular weight is 608 g/mol. The standard InChI is InChI=1S/C34H34FN7O3/c1-21-9-10-27(39-33(43)25-15-26(35)17-28(16-25)41-11-13-45-14-12-41)18-30(21)40-32-31-22(2)29(19-42(31)37-20-36-32)34(44)38-23(3)24-7-5-4-6-8-24/h4-10,15-20,23H,11-14H2,1-3H3,(H,38,44)(H,39,43)(H,36,37,40)/t23-/m1/s1. The molecule has 0 bridgehead atoms. The van der Waals surface area contributed by atoms with Crippen LogP contribution in [-0.2, 0) is 4.74 Å². The first-order chi connectivity index (χ1) is 21.8. The maximum atomic E-state index is 14.5. The van der Waals surface area contributed by atoms with Gasteiger partial charge in [0, 0.05) is 41.9 Å². The van der Waals surface area contributed by atoms with Crippen LogP contribution in [0.4, 0.5) is 27.3 Å². The van der Waals surface area contributed by atoms with Gasteiger partial charge in [-0.05, 0) is 67.8 Å². The average Bonchev–Trinajstić information content (AvgIpc) is 3.40. The van der Waals surface area contributed by atoms with Gasteiger partial charge in [-0.2, -0.15) is 5.10 Å². The Kier molecular flexibility index (Phi) is 8.43. The minimum Gasteiger partial charge on any atom is -0.378 e. The van der Waals surface area contributed by atoms with E-state index in [2.05, 4.69) is 26.0 Å². The van der Waals surface area contributed by atoms with Crippen LogP contribution in [0, 0.1) is 19.7 Å². The van der Waals surface area contributed by atoms with E-state index in [1.165, 1.54) is 18.5 Å². The molecule has 0 unspecified atom stereocenters. The molecule has 1 aliphatic rings. The van der Waals surface area contributed by atoms with E-state index in [1.807, 2.05) is 62.1 Å². The van der Waals surface area contributed by atoms with E-state index in [1.54, 1.807) is 28.9 Å². The number of carbonyl (C=O) groups is 2. The van der Waals surface area contributed by atoms with Crippen molar-refractivity contribution in [3.63, 3.8) is 0 Å². The van der Waals surface area contributed by atoms with Gasteiger partial charge in [-0.25, -0.2) is 13.9 Å². The Morgan fingerprint density at radius 3 is 2.53 bits per heavy atom. The van der Waals surface area contributed by atoms with Crippen molar-refractivity contribution >= 4 is 40.2 Å². The second-order valence-corrected chi connectivity index (χ2v) is 11.1. The number of benzene rings is 3. The first-order valence-corrected chi connectivity index (χ1v) is 14.8.